The van der Waals surface area contributed by atoms with Gasteiger partial charge in [-0.2, -0.15) is 0 Å². The lowest BCUT2D eigenvalue weighted by Crippen LogP contribution is -2.47. The van der Waals surface area contributed by atoms with E-state index in [1.807, 2.05) is 30.3 Å². The highest BCUT2D eigenvalue weighted by Crippen LogP contribution is 2.20. The first-order chi connectivity index (χ1) is 13.2. The molecule has 1 aliphatic heterocycles. The third-order valence-corrected chi connectivity index (χ3v) is 4.98. The van der Waals surface area contributed by atoms with Gasteiger partial charge in [0.25, 0.3) is 0 Å². The predicted molar refractivity (Wildman–Crippen MR) is 110 cm³/mol. The third kappa shape index (κ3) is 6.08. The number of nitrogens with one attached hydrogen (secondary N) is 1. The zero-order chi connectivity index (χ0) is 18.9. The molecule has 1 amide bonds. The summed E-state index contributed by atoms with van der Waals surface area (Å²) in [6.07, 6.45) is 1.26. The lowest BCUT2D eigenvalue weighted by atomic mass is 10.1. The SMILES string of the molecule is COCCN1CCN(c2ccc(NC(=O)CCc3ccccc3)cc2)CC1. The predicted octanol–water partition coefficient (Wildman–Crippen LogP) is 3.03. The van der Waals surface area contributed by atoms with Gasteiger partial charge in [-0.25, -0.2) is 0 Å². The van der Waals surface area contributed by atoms with Gasteiger partial charge in [0, 0.05) is 57.6 Å². The van der Waals surface area contributed by atoms with E-state index in [-0.39, 0.29) is 5.91 Å². The maximum absolute atomic E-state index is 12.2. The number of ether oxygens (including phenoxy) is 1. The Morgan fingerprint density at radius 2 is 1.70 bits per heavy atom. The minimum Gasteiger partial charge on any atom is -0.383 e. The van der Waals surface area contributed by atoms with Crippen LogP contribution in [0.4, 0.5) is 11.4 Å². The molecule has 1 heterocycles. The number of methoxy groups -OCH3 is 1. The molecule has 0 unspecified atom stereocenters. The van der Waals surface area contributed by atoms with E-state index in [0.717, 1.165) is 51.4 Å². The minimum atomic E-state index is 0.0540. The number of hydrogen-bond donors (Lipinski definition) is 1. The molecule has 1 saturated heterocycles. The quantitative estimate of drug-likeness (QED) is 0.779. The van der Waals surface area contributed by atoms with Gasteiger partial charge in [-0.05, 0) is 36.2 Å². The van der Waals surface area contributed by atoms with Crippen LogP contribution in [-0.2, 0) is 16.0 Å². The molecule has 1 fully saturated rings. The fourth-order valence-electron chi connectivity index (χ4n) is 3.33. The van der Waals surface area contributed by atoms with Gasteiger partial charge in [0.15, 0.2) is 0 Å². The van der Waals surface area contributed by atoms with E-state index in [4.69, 9.17) is 4.74 Å². The Labute approximate surface area is 161 Å². The average molecular weight is 367 g/mol. The molecule has 0 radical (unpaired) electrons. The molecule has 0 aromatic heterocycles. The van der Waals surface area contributed by atoms with Gasteiger partial charge in [0.1, 0.15) is 0 Å². The van der Waals surface area contributed by atoms with Crippen molar-refractivity contribution in [1.82, 2.24) is 4.90 Å². The Balaban J connectivity index is 1.44. The van der Waals surface area contributed by atoms with E-state index in [0.29, 0.717) is 6.42 Å². The van der Waals surface area contributed by atoms with Crippen LogP contribution < -0.4 is 10.2 Å². The zero-order valence-corrected chi connectivity index (χ0v) is 16.1. The molecule has 0 bridgehead atoms. The summed E-state index contributed by atoms with van der Waals surface area (Å²) in [5.74, 6) is 0.0540. The van der Waals surface area contributed by atoms with Crippen molar-refractivity contribution >= 4 is 17.3 Å². The summed E-state index contributed by atoms with van der Waals surface area (Å²) >= 11 is 0. The van der Waals surface area contributed by atoms with Crippen molar-refractivity contribution in [2.24, 2.45) is 0 Å². The largest absolute Gasteiger partial charge is 0.383 e. The molecule has 0 spiro atoms. The van der Waals surface area contributed by atoms with Gasteiger partial charge in [0.2, 0.25) is 5.91 Å². The molecule has 144 valence electrons. The highest BCUT2D eigenvalue weighted by Gasteiger charge is 2.16. The second-order valence-corrected chi connectivity index (χ2v) is 6.90. The molecular formula is C22H29N3O2. The third-order valence-electron chi connectivity index (χ3n) is 4.98. The molecule has 27 heavy (non-hydrogen) atoms. The molecule has 1 aliphatic rings. The number of anilines is 2. The van der Waals surface area contributed by atoms with Gasteiger partial charge in [-0.15, -0.1) is 0 Å². The van der Waals surface area contributed by atoms with E-state index < -0.39 is 0 Å². The summed E-state index contributed by atoms with van der Waals surface area (Å²) < 4.78 is 5.15. The highest BCUT2D eigenvalue weighted by molar-refractivity contribution is 5.91. The highest BCUT2D eigenvalue weighted by atomic mass is 16.5. The van der Waals surface area contributed by atoms with Crippen LogP contribution in [0.15, 0.2) is 54.6 Å². The van der Waals surface area contributed by atoms with Crippen molar-refractivity contribution in [2.75, 3.05) is 56.7 Å². The van der Waals surface area contributed by atoms with E-state index in [2.05, 4.69) is 39.4 Å². The van der Waals surface area contributed by atoms with Crippen molar-refractivity contribution in [1.29, 1.82) is 0 Å². The van der Waals surface area contributed by atoms with Gasteiger partial charge < -0.3 is 15.0 Å². The van der Waals surface area contributed by atoms with Gasteiger partial charge in [-0.3, -0.25) is 9.69 Å². The van der Waals surface area contributed by atoms with Crippen LogP contribution >= 0.6 is 0 Å². The molecule has 3 rings (SSSR count). The Morgan fingerprint density at radius 3 is 2.37 bits per heavy atom. The van der Waals surface area contributed by atoms with Gasteiger partial charge in [-0.1, -0.05) is 30.3 Å². The maximum Gasteiger partial charge on any atom is 0.224 e. The summed E-state index contributed by atoms with van der Waals surface area (Å²) in [4.78, 5) is 17.0. The first-order valence-electron chi connectivity index (χ1n) is 9.64. The Bertz CT molecular complexity index is 695. The topological polar surface area (TPSA) is 44.8 Å². The first-order valence-corrected chi connectivity index (χ1v) is 9.64. The number of aryl methyl sites for hydroxylation is 1. The fraction of sp³-hybridized carbons (Fsp3) is 0.409. The number of nitrogens with zero attached hydrogens (tertiary/aromatic N) is 2. The lowest BCUT2D eigenvalue weighted by Gasteiger charge is -2.36. The monoisotopic (exact) mass is 367 g/mol. The van der Waals surface area contributed by atoms with Crippen molar-refractivity contribution in [3.05, 3.63) is 60.2 Å². The number of amides is 1. The van der Waals surface area contributed by atoms with Crippen molar-refractivity contribution in [3.63, 3.8) is 0 Å². The van der Waals surface area contributed by atoms with Crippen molar-refractivity contribution < 1.29 is 9.53 Å². The van der Waals surface area contributed by atoms with Crippen LogP contribution in [0.3, 0.4) is 0 Å². The Kier molecular flexibility index (Phi) is 7.25. The fourth-order valence-corrected chi connectivity index (χ4v) is 3.33. The lowest BCUT2D eigenvalue weighted by molar-refractivity contribution is -0.116. The van der Waals surface area contributed by atoms with Crippen LogP contribution in [0.25, 0.3) is 0 Å². The number of hydrogen-bond acceptors (Lipinski definition) is 4. The molecule has 5 nitrogen and oxygen atoms in total. The second kappa shape index (κ2) is 10.1. The number of carbonyl (C=O) groups excluding carboxylic acids is 1. The van der Waals surface area contributed by atoms with E-state index in [1.165, 1.54) is 11.3 Å². The number of benzene rings is 2. The molecule has 5 heteroatoms. The number of carbonyl (C=O) groups is 1. The van der Waals surface area contributed by atoms with Crippen LogP contribution in [0.1, 0.15) is 12.0 Å². The number of piperazine rings is 1. The maximum atomic E-state index is 12.2. The molecule has 0 saturated carbocycles. The average Bonchev–Trinajstić information content (AvgIpc) is 2.72. The van der Waals surface area contributed by atoms with Crippen LogP contribution in [0.2, 0.25) is 0 Å². The Hall–Kier alpha value is -2.37. The van der Waals surface area contributed by atoms with E-state index in [9.17, 15) is 4.79 Å². The molecular weight excluding hydrogens is 338 g/mol. The molecule has 0 aliphatic carbocycles. The molecule has 1 N–H and O–H groups in total. The molecule has 2 aromatic rings. The smallest absolute Gasteiger partial charge is 0.224 e. The minimum absolute atomic E-state index is 0.0540. The summed E-state index contributed by atoms with van der Waals surface area (Å²) in [6, 6.07) is 18.3. The standard InChI is InChI=1S/C22H29N3O2/c1-27-18-17-24-13-15-25(16-14-24)21-10-8-20(9-11-21)23-22(26)12-7-19-5-3-2-4-6-19/h2-6,8-11H,7,12-18H2,1H3,(H,23,26). The summed E-state index contributed by atoms with van der Waals surface area (Å²) in [7, 11) is 1.75. The van der Waals surface area contributed by atoms with E-state index in [1.54, 1.807) is 7.11 Å². The van der Waals surface area contributed by atoms with Crippen LogP contribution in [0, 0.1) is 0 Å². The van der Waals surface area contributed by atoms with Gasteiger partial charge >= 0.3 is 0 Å². The normalized spacial score (nSPS) is 14.9. The van der Waals surface area contributed by atoms with Crippen LogP contribution in [0.5, 0.6) is 0 Å². The summed E-state index contributed by atoms with van der Waals surface area (Å²) in [5.41, 5.74) is 3.26. The molecule has 2 aromatic carbocycles. The van der Waals surface area contributed by atoms with Gasteiger partial charge in [0.05, 0.1) is 6.61 Å². The molecule has 0 atom stereocenters. The summed E-state index contributed by atoms with van der Waals surface area (Å²) in [5, 5.41) is 2.99. The second-order valence-electron chi connectivity index (χ2n) is 6.90. The first kappa shape index (κ1) is 19.4. The zero-order valence-electron chi connectivity index (χ0n) is 16.1. The van der Waals surface area contributed by atoms with Crippen molar-refractivity contribution in [3.8, 4) is 0 Å². The Morgan fingerprint density at radius 1 is 1.00 bits per heavy atom. The number of rotatable bonds is 8. The van der Waals surface area contributed by atoms with Crippen LogP contribution in [-0.4, -0.2) is 57.2 Å². The van der Waals surface area contributed by atoms with E-state index >= 15 is 0 Å². The van der Waals surface area contributed by atoms with Crippen molar-refractivity contribution in [2.45, 2.75) is 12.8 Å². The summed E-state index contributed by atoms with van der Waals surface area (Å²) in [6.45, 7) is 5.94.